The Hall–Kier alpha value is -1.43. The summed E-state index contributed by atoms with van der Waals surface area (Å²) in [4.78, 5) is 4.39. The summed E-state index contributed by atoms with van der Waals surface area (Å²) in [7, 11) is 1.64. The van der Waals surface area contributed by atoms with E-state index in [4.69, 9.17) is 4.74 Å². The maximum absolute atomic E-state index is 9.51. The minimum atomic E-state index is -0.112. The van der Waals surface area contributed by atoms with E-state index in [0.29, 0.717) is 6.54 Å². The van der Waals surface area contributed by atoms with E-state index in [1.165, 1.54) is 0 Å². The number of aliphatic hydroxyl groups is 1. The Labute approximate surface area is 117 Å². The highest BCUT2D eigenvalue weighted by Gasteiger charge is 2.11. The van der Waals surface area contributed by atoms with Crippen molar-refractivity contribution in [1.82, 2.24) is 10.3 Å². The molecule has 0 aliphatic rings. The first kappa shape index (κ1) is 14.0. The van der Waals surface area contributed by atoms with E-state index in [0.717, 1.165) is 22.0 Å². The quantitative estimate of drug-likeness (QED) is 0.851. The number of nitrogens with one attached hydrogen (secondary N) is 1. The molecule has 0 radical (unpaired) electrons. The van der Waals surface area contributed by atoms with Gasteiger partial charge in [0, 0.05) is 17.6 Å². The summed E-state index contributed by atoms with van der Waals surface area (Å²) in [6.45, 7) is 2.67. The molecule has 4 nitrogen and oxygen atoms in total. The lowest BCUT2D eigenvalue weighted by Crippen LogP contribution is -2.23. The second kappa shape index (κ2) is 6.65. The summed E-state index contributed by atoms with van der Waals surface area (Å²) < 4.78 is 5.20. The lowest BCUT2D eigenvalue weighted by Gasteiger charge is -2.16. The van der Waals surface area contributed by atoms with Crippen LogP contribution in [0.25, 0.3) is 0 Å². The number of rotatable bonds is 6. The van der Waals surface area contributed by atoms with Crippen LogP contribution in [0, 0.1) is 6.92 Å². The molecule has 19 heavy (non-hydrogen) atoms. The molecule has 0 saturated heterocycles. The van der Waals surface area contributed by atoms with E-state index in [2.05, 4.69) is 10.3 Å². The van der Waals surface area contributed by atoms with E-state index in [9.17, 15) is 5.11 Å². The molecule has 102 valence electrons. The largest absolute Gasteiger partial charge is 0.497 e. The van der Waals surface area contributed by atoms with Gasteiger partial charge in [0.05, 0.1) is 19.8 Å². The molecular weight excluding hydrogens is 260 g/mol. The summed E-state index contributed by atoms with van der Waals surface area (Å²) >= 11 is 1.62. The number of hydrogen-bond acceptors (Lipinski definition) is 5. The third-order valence-corrected chi connectivity index (χ3v) is 3.81. The molecule has 0 aliphatic carbocycles. The topological polar surface area (TPSA) is 54.4 Å². The van der Waals surface area contributed by atoms with Crippen LogP contribution in [0.5, 0.6) is 5.75 Å². The fraction of sp³-hybridized carbons (Fsp3) is 0.357. The number of thiazole rings is 1. The Morgan fingerprint density at radius 3 is 2.95 bits per heavy atom. The zero-order valence-corrected chi connectivity index (χ0v) is 11.9. The third kappa shape index (κ3) is 3.76. The highest BCUT2D eigenvalue weighted by molar-refractivity contribution is 7.09. The molecule has 0 saturated carbocycles. The van der Waals surface area contributed by atoms with Gasteiger partial charge in [-0.1, -0.05) is 12.1 Å². The third-order valence-electron chi connectivity index (χ3n) is 2.84. The van der Waals surface area contributed by atoms with Gasteiger partial charge >= 0.3 is 0 Å². The highest BCUT2D eigenvalue weighted by atomic mass is 32.1. The van der Waals surface area contributed by atoms with Crippen molar-refractivity contribution in [3.63, 3.8) is 0 Å². The zero-order valence-electron chi connectivity index (χ0n) is 11.1. The molecule has 1 aromatic heterocycles. The Kier molecular flexibility index (Phi) is 4.90. The van der Waals surface area contributed by atoms with Crippen LogP contribution in [0.2, 0.25) is 0 Å². The normalized spacial score (nSPS) is 12.4. The standard InChI is InChI=1S/C14H18N2O2S/c1-10-9-19-14(16-10)7-15-13(8-17)11-4-3-5-12(6-11)18-2/h3-6,9,13,15,17H,7-8H2,1-2H3. The second-order valence-electron chi connectivity index (χ2n) is 4.28. The molecule has 0 amide bonds. The monoisotopic (exact) mass is 278 g/mol. The number of ether oxygens (including phenoxy) is 1. The van der Waals surface area contributed by atoms with Crippen LogP contribution in [0.4, 0.5) is 0 Å². The van der Waals surface area contributed by atoms with E-state index < -0.39 is 0 Å². The molecule has 1 unspecified atom stereocenters. The second-order valence-corrected chi connectivity index (χ2v) is 5.22. The Morgan fingerprint density at radius 1 is 1.47 bits per heavy atom. The van der Waals surface area contributed by atoms with Crippen LogP contribution >= 0.6 is 11.3 Å². The van der Waals surface area contributed by atoms with E-state index in [-0.39, 0.29) is 12.6 Å². The van der Waals surface area contributed by atoms with Gasteiger partial charge in [-0.2, -0.15) is 0 Å². The van der Waals surface area contributed by atoms with Crippen molar-refractivity contribution in [3.05, 3.63) is 45.9 Å². The smallest absolute Gasteiger partial charge is 0.119 e. The van der Waals surface area contributed by atoms with Gasteiger partial charge in [0.2, 0.25) is 0 Å². The maximum atomic E-state index is 9.51. The Balaban J connectivity index is 2.02. The first-order valence-corrected chi connectivity index (χ1v) is 7.00. The summed E-state index contributed by atoms with van der Waals surface area (Å²) in [5.74, 6) is 0.794. The minimum absolute atomic E-state index is 0.0392. The van der Waals surface area contributed by atoms with Crippen LogP contribution in [-0.4, -0.2) is 23.8 Å². The predicted octanol–water partition coefficient (Wildman–Crippen LogP) is 2.28. The van der Waals surface area contributed by atoms with Gasteiger partial charge < -0.3 is 15.2 Å². The van der Waals surface area contributed by atoms with Gasteiger partial charge in [0.25, 0.3) is 0 Å². The minimum Gasteiger partial charge on any atom is -0.497 e. The molecule has 0 bridgehead atoms. The van der Waals surface area contributed by atoms with Crippen LogP contribution in [-0.2, 0) is 6.54 Å². The van der Waals surface area contributed by atoms with Crippen molar-refractivity contribution >= 4 is 11.3 Å². The van der Waals surface area contributed by atoms with E-state index in [1.807, 2.05) is 36.6 Å². The number of aromatic nitrogens is 1. The average molecular weight is 278 g/mol. The highest BCUT2D eigenvalue weighted by Crippen LogP contribution is 2.19. The van der Waals surface area contributed by atoms with Crippen molar-refractivity contribution in [3.8, 4) is 5.75 Å². The SMILES string of the molecule is COc1cccc(C(CO)NCc2nc(C)cs2)c1. The van der Waals surface area contributed by atoms with Gasteiger partial charge in [0.1, 0.15) is 10.8 Å². The summed E-state index contributed by atoms with van der Waals surface area (Å²) in [6, 6.07) is 7.61. The van der Waals surface area contributed by atoms with E-state index in [1.54, 1.807) is 18.4 Å². The van der Waals surface area contributed by atoms with Crippen molar-refractivity contribution < 1.29 is 9.84 Å². The summed E-state index contributed by atoms with van der Waals surface area (Å²) in [5.41, 5.74) is 2.04. The molecule has 1 atom stereocenters. The van der Waals surface area contributed by atoms with Gasteiger partial charge in [-0.25, -0.2) is 4.98 Å². The maximum Gasteiger partial charge on any atom is 0.119 e. The molecule has 0 aliphatic heterocycles. The first-order chi connectivity index (χ1) is 9.22. The number of methoxy groups -OCH3 is 1. The van der Waals surface area contributed by atoms with Gasteiger partial charge in [-0.15, -0.1) is 11.3 Å². The molecule has 2 aromatic rings. The molecule has 1 heterocycles. The number of aliphatic hydroxyl groups excluding tert-OH is 1. The Bertz CT molecular complexity index is 528. The Morgan fingerprint density at radius 2 is 2.32 bits per heavy atom. The number of nitrogens with zero attached hydrogens (tertiary/aromatic N) is 1. The molecular formula is C14H18N2O2S. The summed E-state index contributed by atoms with van der Waals surface area (Å²) in [6.07, 6.45) is 0. The molecule has 2 rings (SSSR count). The molecule has 5 heteroatoms. The number of aryl methyl sites for hydroxylation is 1. The predicted molar refractivity (Wildman–Crippen MR) is 76.5 cm³/mol. The van der Waals surface area contributed by atoms with Crippen molar-refractivity contribution in [2.75, 3.05) is 13.7 Å². The summed E-state index contributed by atoms with van der Waals surface area (Å²) in [5, 5.41) is 15.9. The molecule has 0 spiro atoms. The van der Waals surface area contributed by atoms with Crippen molar-refractivity contribution in [2.45, 2.75) is 19.5 Å². The molecule has 1 aromatic carbocycles. The van der Waals surface area contributed by atoms with Crippen LogP contribution in [0.3, 0.4) is 0 Å². The van der Waals surface area contributed by atoms with Gasteiger partial charge in [0.15, 0.2) is 0 Å². The van der Waals surface area contributed by atoms with E-state index >= 15 is 0 Å². The number of hydrogen-bond donors (Lipinski definition) is 2. The van der Waals surface area contributed by atoms with Crippen LogP contribution < -0.4 is 10.1 Å². The van der Waals surface area contributed by atoms with Crippen molar-refractivity contribution in [2.24, 2.45) is 0 Å². The molecule has 0 fully saturated rings. The molecule has 2 N–H and O–H groups in total. The fourth-order valence-electron chi connectivity index (χ4n) is 1.84. The average Bonchev–Trinajstić information content (AvgIpc) is 2.85. The zero-order chi connectivity index (χ0) is 13.7. The van der Waals surface area contributed by atoms with Crippen LogP contribution in [0.15, 0.2) is 29.6 Å². The first-order valence-electron chi connectivity index (χ1n) is 6.12. The lowest BCUT2D eigenvalue weighted by atomic mass is 10.1. The van der Waals surface area contributed by atoms with Crippen LogP contribution in [0.1, 0.15) is 22.3 Å². The fourth-order valence-corrected chi connectivity index (χ4v) is 2.56. The van der Waals surface area contributed by atoms with Crippen molar-refractivity contribution in [1.29, 1.82) is 0 Å². The lowest BCUT2D eigenvalue weighted by molar-refractivity contribution is 0.243. The van der Waals surface area contributed by atoms with Gasteiger partial charge in [-0.3, -0.25) is 0 Å². The number of benzene rings is 1. The van der Waals surface area contributed by atoms with Gasteiger partial charge in [-0.05, 0) is 24.6 Å².